The first-order valence-electron chi connectivity index (χ1n) is 13.9. The van der Waals surface area contributed by atoms with Crippen LogP contribution < -0.4 is 10.2 Å². The third-order valence-electron chi connectivity index (χ3n) is 7.57. The molecule has 0 saturated carbocycles. The molecule has 0 amide bonds. The predicted octanol–water partition coefficient (Wildman–Crippen LogP) is 2.61. The van der Waals surface area contributed by atoms with E-state index in [0.29, 0.717) is 32.4 Å². The van der Waals surface area contributed by atoms with Crippen LogP contribution in [-0.4, -0.2) is 104 Å². The van der Waals surface area contributed by atoms with E-state index in [1.807, 2.05) is 23.7 Å². The maximum Gasteiger partial charge on any atom is 0.203 e. The summed E-state index contributed by atoms with van der Waals surface area (Å²) >= 11 is 0. The van der Waals surface area contributed by atoms with Gasteiger partial charge in [-0.1, -0.05) is 0 Å². The fourth-order valence-corrected chi connectivity index (χ4v) is 5.34. The number of fused-ring (bicyclic) bond motifs is 2. The van der Waals surface area contributed by atoms with Gasteiger partial charge in [0.05, 0.1) is 37.6 Å². The molecule has 12 heteroatoms. The van der Waals surface area contributed by atoms with Crippen molar-refractivity contribution in [3.05, 3.63) is 24.3 Å². The van der Waals surface area contributed by atoms with Gasteiger partial charge in [0.1, 0.15) is 22.9 Å². The Morgan fingerprint density at radius 3 is 2.67 bits per heavy atom. The smallest absolute Gasteiger partial charge is 0.203 e. The van der Waals surface area contributed by atoms with Crippen LogP contribution in [0.25, 0.3) is 28.2 Å². The summed E-state index contributed by atoms with van der Waals surface area (Å²) in [5, 5.41) is 12.5. The Labute approximate surface area is 228 Å². The number of aryl methyl sites for hydroxylation is 1. The molecule has 6 rings (SSSR count). The highest BCUT2D eigenvalue weighted by atomic mass is 16.5. The van der Waals surface area contributed by atoms with Gasteiger partial charge in [-0.05, 0) is 53.8 Å². The number of anilines is 2. The van der Waals surface area contributed by atoms with Crippen LogP contribution in [0.5, 0.6) is 0 Å². The van der Waals surface area contributed by atoms with E-state index in [4.69, 9.17) is 24.4 Å². The highest BCUT2D eigenvalue weighted by Gasteiger charge is 2.23. The summed E-state index contributed by atoms with van der Waals surface area (Å²) in [7, 11) is 2.17. The van der Waals surface area contributed by atoms with E-state index in [9.17, 15) is 0 Å². The number of nitrogens with one attached hydrogen (secondary N) is 1. The predicted molar refractivity (Wildman–Crippen MR) is 150 cm³/mol. The van der Waals surface area contributed by atoms with Crippen molar-refractivity contribution in [2.24, 2.45) is 0 Å². The molecular weight excluding hydrogens is 496 g/mol. The highest BCUT2D eigenvalue weighted by molar-refractivity contribution is 5.82. The van der Waals surface area contributed by atoms with Gasteiger partial charge in [-0.2, -0.15) is 0 Å². The minimum Gasteiger partial charge on any atom is -0.378 e. The number of aromatic nitrogens is 7. The second-order valence-electron chi connectivity index (χ2n) is 10.8. The van der Waals surface area contributed by atoms with Crippen LogP contribution in [0.3, 0.4) is 0 Å². The largest absolute Gasteiger partial charge is 0.378 e. The Kier molecular flexibility index (Phi) is 7.32. The molecule has 0 aromatic carbocycles. The standard InChI is InChI=1S/C27H38N10O2/c1-18(2)39-14-11-36-23-15-24(35-9-12-38-13-10-35)28-16-21(23)31-26(36)22-17-37-19(3)32-33-27(37)25(30-22)29-20-5-7-34(4)8-6-20/h15-18,20H,5-14H2,1-4H3,(H,29,30). The van der Waals surface area contributed by atoms with Crippen LogP contribution in [0.4, 0.5) is 11.6 Å². The molecule has 0 atom stereocenters. The van der Waals surface area contributed by atoms with Gasteiger partial charge in [0, 0.05) is 37.9 Å². The number of morpholine rings is 1. The summed E-state index contributed by atoms with van der Waals surface area (Å²) in [4.78, 5) is 19.5. The normalized spacial score (nSPS) is 17.6. The van der Waals surface area contributed by atoms with Gasteiger partial charge < -0.3 is 29.2 Å². The van der Waals surface area contributed by atoms with E-state index in [2.05, 4.69) is 56.8 Å². The maximum atomic E-state index is 5.96. The Morgan fingerprint density at radius 1 is 1.10 bits per heavy atom. The van der Waals surface area contributed by atoms with Gasteiger partial charge in [0.25, 0.3) is 0 Å². The summed E-state index contributed by atoms with van der Waals surface area (Å²) in [5.74, 6) is 3.26. The molecule has 0 radical (unpaired) electrons. The molecule has 208 valence electrons. The lowest BCUT2D eigenvalue weighted by atomic mass is 10.1. The van der Waals surface area contributed by atoms with Crippen molar-refractivity contribution in [1.82, 2.24) is 39.0 Å². The molecule has 12 nitrogen and oxygen atoms in total. The third-order valence-corrected chi connectivity index (χ3v) is 7.57. The van der Waals surface area contributed by atoms with Crippen molar-refractivity contribution in [2.45, 2.75) is 52.3 Å². The molecule has 39 heavy (non-hydrogen) atoms. The molecule has 4 aromatic heterocycles. The third kappa shape index (κ3) is 5.41. The average Bonchev–Trinajstić information content (AvgIpc) is 3.50. The van der Waals surface area contributed by atoms with Crippen molar-refractivity contribution >= 4 is 28.3 Å². The van der Waals surface area contributed by atoms with Gasteiger partial charge in [-0.15, -0.1) is 10.2 Å². The molecule has 2 fully saturated rings. The van der Waals surface area contributed by atoms with Crippen LogP contribution in [0.15, 0.2) is 18.5 Å². The van der Waals surface area contributed by atoms with E-state index < -0.39 is 0 Å². The van der Waals surface area contributed by atoms with Crippen molar-refractivity contribution in [2.75, 3.05) is 63.3 Å². The van der Waals surface area contributed by atoms with Crippen LogP contribution >= 0.6 is 0 Å². The Morgan fingerprint density at radius 2 is 1.90 bits per heavy atom. The fourth-order valence-electron chi connectivity index (χ4n) is 5.34. The maximum absolute atomic E-state index is 5.96. The second kappa shape index (κ2) is 11.0. The lowest BCUT2D eigenvalue weighted by Crippen LogP contribution is -2.37. The Hall–Kier alpha value is -3.35. The molecule has 2 aliphatic rings. The molecule has 4 aromatic rings. The first-order valence-corrected chi connectivity index (χ1v) is 13.9. The molecule has 0 unspecified atom stereocenters. The van der Waals surface area contributed by atoms with Gasteiger partial charge in [-0.3, -0.25) is 4.40 Å². The SMILES string of the molecule is Cc1nnc2c(NC3CCN(C)CC3)nc(-c3nc4cnc(N5CCOCC5)cc4n3CCOC(C)C)cn12. The molecule has 0 aliphatic carbocycles. The van der Waals surface area contributed by atoms with Crippen LogP contribution in [0.1, 0.15) is 32.5 Å². The number of hydrogen-bond acceptors (Lipinski definition) is 10. The minimum absolute atomic E-state index is 0.147. The van der Waals surface area contributed by atoms with E-state index in [1.165, 1.54) is 0 Å². The zero-order chi connectivity index (χ0) is 26.9. The highest BCUT2D eigenvalue weighted by Crippen LogP contribution is 2.29. The summed E-state index contributed by atoms with van der Waals surface area (Å²) in [6.45, 7) is 12.5. The van der Waals surface area contributed by atoms with Gasteiger partial charge in [-0.25, -0.2) is 15.0 Å². The zero-order valence-electron chi connectivity index (χ0n) is 23.3. The van der Waals surface area contributed by atoms with E-state index >= 15 is 0 Å². The molecule has 0 bridgehead atoms. The topological polar surface area (TPSA) is 111 Å². The Bertz CT molecular complexity index is 1430. The van der Waals surface area contributed by atoms with Crippen molar-refractivity contribution < 1.29 is 9.47 Å². The monoisotopic (exact) mass is 534 g/mol. The second-order valence-corrected chi connectivity index (χ2v) is 10.8. The summed E-state index contributed by atoms with van der Waals surface area (Å²) in [6.07, 6.45) is 6.12. The number of piperidine rings is 1. The average molecular weight is 535 g/mol. The molecular formula is C27H38N10O2. The summed E-state index contributed by atoms with van der Waals surface area (Å²) in [6, 6.07) is 2.47. The quantitative estimate of drug-likeness (QED) is 0.362. The number of imidazole rings is 1. The van der Waals surface area contributed by atoms with Crippen LogP contribution in [0.2, 0.25) is 0 Å². The summed E-state index contributed by atoms with van der Waals surface area (Å²) < 4.78 is 15.7. The molecule has 2 saturated heterocycles. The number of nitrogens with zero attached hydrogens (tertiary/aromatic N) is 9. The fraction of sp³-hybridized carbons (Fsp3) is 0.593. The molecule has 1 N–H and O–H groups in total. The number of hydrogen-bond donors (Lipinski definition) is 1. The molecule has 2 aliphatic heterocycles. The van der Waals surface area contributed by atoms with E-state index in [-0.39, 0.29) is 6.10 Å². The lowest BCUT2D eigenvalue weighted by molar-refractivity contribution is 0.0735. The zero-order valence-corrected chi connectivity index (χ0v) is 23.3. The minimum atomic E-state index is 0.147. The van der Waals surface area contributed by atoms with Gasteiger partial charge in [0.2, 0.25) is 5.65 Å². The number of pyridine rings is 1. The number of likely N-dealkylation sites (tertiary alicyclic amines) is 1. The first kappa shape index (κ1) is 25.9. The molecule has 0 spiro atoms. The van der Waals surface area contributed by atoms with Crippen LogP contribution in [0, 0.1) is 6.92 Å². The lowest BCUT2D eigenvalue weighted by Gasteiger charge is -2.29. The van der Waals surface area contributed by atoms with E-state index in [0.717, 1.165) is 84.7 Å². The Balaban J connectivity index is 1.43. The van der Waals surface area contributed by atoms with Crippen LogP contribution in [-0.2, 0) is 16.0 Å². The van der Waals surface area contributed by atoms with Crippen molar-refractivity contribution in [1.29, 1.82) is 0 Å². The van der Waals surface area contributed by atoms with Gasteiger partial charge in [0.15, 0.2) is 11.6 Å². The number of rotatable bonds is 8. The molecule has 6 heterocycles. The first-order chi connectivity index (χ1) is 19.0. The number of ether oxygens (including phenoxy) is 2. The van der Waals surface area contributed by atoms with Crippen molar-refractivity contribution in [3.63, 3.8) is 0 Å². The van der Waals surface area contributed by atoms with Crippen molar-refractivity contribution in [3.8, 4) is 11.5 Å². The van der Waals surface area contributed by atoms with Gasteiger partial charge >= 0.3 is 0 Å². The van der Waals surface area contributed by atoms with E-state index in [1.54, 1.807) is 0 Å². The summed E-state index contributed by atoms with van der Waals surface area (Å²) in [5.41, 5.74) is 3.34.